The van der Waals surface area contributed by atoms with Crippen molar-refractivity contribution in [3.63, 3.8) is 0 Å². The number of nitrogens with one attached hydrogen (secondary N) is 1. The van der Waals surface area contributed by atoms with Gasteiger partial charge in [0.1, 0.15) is 5.56 Å². The number of hydrogen-bond donors (Lipinski definition) is 1. The van der Waals surface area contributed by atoms with E-state index in [4.69, 9.17) is 4.74 Å². The first-order valence-electron chi connectivity index (χ1n) is 8.84. The van der Waals surface area contributed by atoms with E-state index in [2.05, 4.69) is 21.8 Å². The summed E-state index contributed by atoms with van der Waals surface area (Å²) in [7, 11) is 0. The van der Waals surface area contributed by atoms with Crippen LogP contribution in [-0.2, 0) is 4.74 Å². The lowest BCUT2D eigenvalue weighted by atomic mass is 9.89. The molecular weight excluding hydrogens is 340 g/mol. The number of ether oxygens (including phenoxy) is 1. The minimum atomic E-state index is -0.354. The Hall–Kier alpha value is -1.38. The van der Waals surface area contributed by atoms with E-state index in [0.717, 1.165) is 39.1 Å². The second-order valence-corrected chi connectivity index (χ2v) is 7.45. The van der Waals surface area contributed by atoms with Crippen molar-refractivity contribution in [2.75, 3.05) is 45.6 Å². The molecule has 0 aliphatic carbocycles. The van der Waals surface area contributed by atoms with Crippen LogP contribution in [-0.4, -0.2) is 77.4 Å². The predicted octanol–water partition coefficient (Wildman–Crippen LogP) is 1.06. The first-order valence-corrected chi connectivity index (χ1v) is 10.1. The van der Waals surface area contributed by atoms with Crippen LogP contribution >= 0.6 is 11.8 Å². The van der Waals surface area contributed by atoms with E-state index in [9.17, 15) is 9.59 Å². The summed E-state index contributed by atoms with van der Waals surface area (Å²) >= 11 is 1.35. The Bertz CT molecular complexity index is 652. The molecule has 8 heteroatoms. The van der Waals surface area contributed by atoms with Gasteiger partial charge in [-0.2, -0.15) is 0 Å². The Morgan fingerprint density at radius 1 is 1.32 bits per heavy atom. The third kappa shape index (κ3) is 4.24. The van der Waals surface area contributed by atoms with Gasteiger partial charge in [-0.25, -0.2) is 4.98 Å². The van der Waals surface area contributed by atoms with E-state index in [1.165, 1.54) is 18.0 Å². The van der Waals surface area contributed by atoms with Crippen molar-refractivity contribution >= 4 is 17.7 Å². The zero-order valence-corrected chi connectivity index (χ0v) is 15.7. The first kappa shape index (κ1) is 18.4. The lowest BCUT2D eigenvalue weighted by Gasteiger charge is -2.41. The third-order valence-corrected chi connectivity index (χ3v) is 5.92. The summed E-state index contributed by atoms with van der Waals surface area (Å²) in [6, 6.07) is 0.507. The fourth-order valence-corrected chi connectivity index (χ4v) is 4.03. The zero-order valence-electron chi connectivity index (χ0n) is 14.9. The molecule has 25 heavy (non-hydrogen) atoms. The van der Waals surface area contributed by atoms with Crippen LogP contribution in [0.25, 0.3) is 0 Å². The highest BCUT2D eigenvalue weighted by Crippen LogP contribution is 2.25. The molecule has 138 valence electrons. The molecular formula is C17H26N4O3S. The van der Waals surface area contributed by atoms with Crippen LogP contribution in [0.5, 0.6) is 0 Å². The van der Waals surface area contributed by atoms with Crippen LogP contribution in [0.15, 0.2) is 16.1 Å². The number of carbonyl (C=O) groups is 1. The summed E-state index contributed by atoms with van der Waals surface area (Å²) in [5, 5.41) is 0.527. The average molecular weight is 366 g/mol. The number of H-pyrrole nitrogens is 1. The largest absolute Gasteiger partial charge is 0.379 e. The van der Waals surface area contributed by atoms with Crippen LogP contribution < -0.4 is 5.56 Å². The van der Waals surface area contributed by atoms with Gasteiger partial charge < -0.3 is 14.6 Å². The SMILES string of the molecule is CSc1ncc(C(=O)N2CCC(C(C)N3CCOCC3)CC2)c(=O)[nH]1. The van der Waals surface area contributed by atoms with Crippen molar-refractivity contribution < 1.29 is 9.53 Å². The van der Waals surface area contributed by atoms with E-state index in [1.54, 1.807) is 4.90 Å². The van der Waals surface area contributed by atoms with Crippen LogP contribution in [0.2, 0.25) is 0 Å². The molecule has 2 saturated heterocycles. The van der Waals surface area contributed by atoms with Crippen molar-refractivity contribution in [3.05, 3.63) is 22.1 Å². The standard InChI is InChI=1S/C17H26N4O3S/c1-12(20-7-9-24-10-8-20)13-3-5-21(6-4-13)16(23)14-11-18-17(25-2)19-15(14)22/h11-13H,3-10H2,1-2H3,(H,18,19,22). The highest BCUT2D eigenvalue weighted by molar-refractivity contribution is 7.98. The van der Waals surface area contributed by atoms with Crippen molar-refractivity contribution in [2.45, 2.75) is 31.0 Å². The predicted molar refractivity (Wildman–Crippen MR) is 97.1 cm³/mol. The van der Waals surface area contributed by atoms with E-state index in [-0.39, 0.29) is 17.0 Å². The topological polar surface area (TPSA) is 78.5 Å². The fraction of sp³-hybridized carbons (Fsp3) is 0.706. The Balaban J connectivity index is 1.58. The summed E-state index contributed by atoms with van der Waals surface area (Å²) < 4.78 is 5.43. The van der Waals surface area contributed by atoms with Gasteiger partial charge in [0, 0.05) is 38.4 Å². The number of carbonyl (C=O) groups excluding carboxylic acids is 1. The molecule has 7 nitrogen and oxygen atoms in total. The molecule has 2 aliphatic rings. The molecule has 0 aromatic carbocycles. The van der Waals surface area contributed by atoms with Crippen molar-refractivity contribution in [1.29, 1.82) is 0 Å². The summed E-state index contributed by atoms with van der Waals surface area (Å²) in [6.07, 6.45) is 5.17. The molecule has 1 unspecified atom stereocenters. The molecule has 0 spiro atoms. The number of rotatable bonds is 4. The van der Waals surface area contributed by atoms with E-state index < -0.39 is 0 Å². The molecule has 2 fully saturated rings. The minimum absolute atomic E-state index is 0.137. The number of piperidine rings is 1. The zero-order chi connectivity index (χ0) is 17.8. The van der Waals surface area contributed by atoms with Crippen LogP contribution in [0.4, 0.5) is 0 Å². The Morgan fingerprint density at radius 2 is 2.00 bits per heavy atom. The number of thioether (sulfide) groups is 1. The molecule has 0 radical (unpaired) electrons. The smallest absolute Gasteiger partial charge is 0.264 e. The number of likely N-dealkylation sites (tertiary alicyclic amines) is 1. The summed E-state index contributed by atoms with van der Waals surface area (Å²) in [6.45, 7) is 7.27. The number of nitrogens with zero attached hydrogens (tertiary/aromatic N) is 3. The number of amides is 1. The number of aromatic nitrogens is 2. The van der Waals surface area contributed by atoms with Gasteiger partial charge in [0.05, 0.1) is 13.2 Å². The minimum Gasteiger partial charge on any atom is -0.379 e. The maximum atomic E-state index is 12.6. The van der Waals surface area contributed by atoms with Crippen molar-refractivity contribution in [3.8, 4) is 0 Å². The number of hydrogen-bond acceptors (Lipinski definition) is 6. The monoisotopic (exact) mass is 366 g/mol. The van der Waals surface area contributed by atoms with Crippen molar-refractivity contribution in [1.82, 2.24) is 19.8 Å². The van der Waals surface area contributed by atoms with Crippen LogP contribution in [0, 0.1) is 5.92 Å². The second kappa shape index (κ2) is 8.33. The quantitative estimate of drug-likeness (QED) is 0.634. The van der Waals surface area contributed by atoms with Gasteiger partial charge in [0.2, 0.25) is 0 Å². The normalized spacial score (nSPS) is 21.3. The van der Waals surface area contributed by atoms with Crippen LogP contribution in [0.1, 0.15) is 30.1 Å². The molecule has 0 bridgehead atoms. The third-order valence-electron chi connectivity index (χ3n) is 5.33. The lowest BCUT2D eigenvalue weighted by Crippen LogP contribution is -2.49. The summed E-state index contributed by atoms with van der Waals surface area (Å²) in [4.78, 5) is 35.8. The summed E-state index contributed by atoms with van der Waals surface area (Å²) in [5.41, 5.74) is -0.217. The molecule has 0 saturated carbocycles. The molecule has 1 N–H and O–H groups in total. The van der Waals surface area contributed by atoms with E-state index in [0.29, 0.717) is 30.2 Å². The van der Waals surface area contributed by atoms with Crippen molar-refractivity contribution in [2.24, 2.45) is 5.92 Å². The van der Waals surface area contributed by atoms with E-state index in [1.807, 2.05) is 6.26 Å². The molecule has 1 atom stereocenters. The van der Waals surface area contributed by atoms with Crippen LogP contribution in [0.3, 0.4) is 0 Å². The number of aromatic amines is 1. The molecule has 3 rings (SSSR count). The van der Waals surface area contributed by atoms with Gasteiger partial charge in [-0.15, -0.1) is 0 Å². The number of morpholine rings is 1. The summed E-state index contributed by atoms with van der Waals surface area (Å²) in [5.74, 6) is 0.372. The average Bonchev–Trinajstić information content (AvgIpc) is 2.67. The Labute approximate surface area is 152 Å². The lowest BCUT2D eigenvalue weighted by molar-refractivity contribution is -0.000965. The Morgan fingerprint density at radius 3 is 2.60 bits per heavy atom. The molecule has 1 aromatic rings. The molecule has 1 amide bonds. The van der Waals surface area contributed by atoms with Gasteiger partial charge in [0.25, 0.3) is 11.5 Å². The Kier molecular flexibility index (Phi) is 6.14. The second-order valence-electron chi connectivity index (χ2n) is 6.65. The molecule has 3 heterocycles. The highest BCUT2D eigenvalue weighted by atomic mass is 32.2. The van der Waals surface area contributed by atoms with E-state index >= 15 is 0 Å². The van der Waals surface area contributed by atoms with Gasteiger partial charge in [-0.3, -0.25) is 14.5 Å². The fourth-order valence-electron chi connectivity index (χ4n) is 3.67. The maximum absolute atomic E-state index is 12.6. The van der Waals surface area contributed by atoms with Gasteiger partial charge in [-0.1, -0.05) is 11.8 Å². The van der Waals surface area contributed by atoms with Gasteiger partial charge >= 0.3 is 0 Å². The highest BCUT2D eigenvalue weighted by Gasteiger charge is 2.31. The molecule has 1 aromatic heterocycles. The van der Waals surface area contributed by atoms with Gasteiger partial charge in [0.15, 0.2) is 5.16 Å². The maximum Gasteiger partial charge on any atom is 0.264 e. The van der Waals surface area contributed by atoms with Gasteiger partial charge in [-0.05, 0) is 31.9 Å². The molecule has 2 aliphatic heterocycles. The first-order chi connectivity index (χ1) is 12.1.